The average molecular weight is 212 g/mol. The average Bonchev–Trinajstić information content (AvgIpc) is 2.25. The fraction of sp³-hybridized carbons (Fsp3) is 1.00. The maximum atomic E-state index is 2.60. The van der Waals surface area contributed by atoms with Crippen LogP contribution in [0.2, 0.25) is 0 Å². The van der Waals surface area contributed by atoms with Crippen LogP contribution in [0.25, 0.3) is 0 Å². The van der Waals surface area contributed by atoms with Crippen molar-refractivity contribution in [1.82, 2.24) is 0 Å². The van der Waals surface area contributed by atoms with E-state index >= 15 is 0 Å². The molecule has 3 atom stereocenters. The van der Waals surface area contributed by atoms with Gasteiger partial charge in [0.2, 0.25) is 0 Å². The summed E-state index contributed by atoms with van der Waals surface area (Å²) in [5.41, 5.74) is 0. The summed E-state index contributed by atoms with van der Waals surface area (Å²) in [5.74, 6) is 0. The van der Waals surface area contributed by atoms with Crippen molar-refractivity contribution >= 4 is 0 Å². The van der Waals surface area contributed by atoms with Crippen LogP contribution in [-0.2, 0) is 0 Å². The summed E-state index contributed by atoms with van der Waals surface area (Å²) >= 11 is 0. The van der Waals surface area contributed by atoms with Gasteiger partial charge in [-0.3, -0.25) is 0 Å². The lowest BCUT2D eigenvalue weighted by atomic mass is 9.95. The van der Waals surface area contributed by atoms with Crippen molar-refractivity contribution in [1.29, 1.82) is 0 Å². The van der Waals surface area contributed by atoms with Crippen LogP contribution in [0.1, 0.15) is 52.4 Å². The largest absolute Gasteiger partial charge is 0.339 e. The van der Waals surface area contributed by atoms with E-state index in [1.165, 1.54) is 51.6 Å². The fourth-order valence-electron chi connectivity index (χ4n) is 3.50. The lowest BCUT2D eigenvalue weighted by molar-refractivity contribution is -0.966. The van der Waals surface area contributed by atoms with Gasteiger partial charge in [0.25, 0.3) is 0 Å². The second-order valence-corrected chi connectivity index (χ2v) is 5.79. The molecule has 2 aliphatic rings. The van der Waals surface area contributed by atoms with Crippen LogP contribution in [0, 0.1) is 0 Å². The first kappa shape index (κ1) is 11.4. The SMILES string of the molecule is C[C@H]1CCC[C@H](C)[NH+]1C[C@@H]1CCCC[NH2+]1. The molecule has 3 N–H and O–H groups in total. The summed E-state index contributed by atoms with van der Waals surface area (Å²) in [6.07, 6.45) is 8.73. The molecule has 88 valence electrons. The molecule has 0 aromatic carbocycles. The normalized spacial score (nSPS) is 39.2. The maximum Gasteiger partial charge on any atom is 0.135 e. The van der Waals surface area contributed by atoms with Gasteiger partial charge in [0, 0.05) is 6.42 Å². The molecule has 15 heavy (non-hydrogen) atoms. The van der Waals surface area contributed by atoms with Crippen molar-refractivity contribution in [2.75, 3.05) is 13.1 Å². The van der Waals surface area contributed by atoms with Crippen LogP contribution in [0.4, 0.5) is 0 Å². The van der Waals surface area contributed by atoms with E-state index < -0.39 is 0 Å². The standard InChI is InChI=1S/C13H26N2/c1-11-6-5-7-12(2)15(11)10-13-8-3-4-9-14-13/h11-14H,3-10H2,1-2H3/p+2/t11-,12-,13-/m0/s1. The number of hydrogen-bond acceptors (Lipinski definition) is 0. The van der Waals surface area contributed by atoms with Crippen molar-refractivity contribution in [3.05, 3.63) is 0 Å². The predicted octanol–water partition coefficient (Wildman–Crippen LogP) is -0.0519. The second kappa shape index (κ2) is 5.31. The Kier molecular flexibility index (Phi) is 4.04. The van der Waals surface area contributed by atoms with Gasteiger partial charge in [-0.15, -0.1) is 0 Å². The fourth-order valence-corrected chi connectivity index (χ4v) is 3.50. The summed E-state index contributed by atoms with van der Waals surface area (Å²) in [5, 5.41) is 2.60. The second-order valence-electron chi connectivity index (χ2n) is 5.79. The zero-order chi connectivity index (χ0) is 10.7. The lowest BCUT2D eigenvalue weighted by Gasteiger charge is -2.37. The molecule has 2 saturated heterocycles. The van der Waals surface area contributed by atoms with Gasteiger partial charge in [-0.2, -0.15) is 0 Å². The molecule has 2 heteroatoms. The molecule has 0 bridgehead atoms. The Bertz CT molecular complexity index is 177. The molecule has 0 aliphatic carbocycles. The predicted molar refractivity (Wildman–Crippen MR) is 63.0 cm³/mol. The van der Waals surface area contributed by atoms with Crippen molar-refractivity contribution in [3.8, 4) is 0 Å². The van der Waals surface area contributed by atoms with E-state index in [1.54, 1.807) is 0 Å². The minimum absolute atomic E-state index is 0.907. The summed E-state index contributed by atoms with van der Waals surface area (Å²) in [6.45, 7) is 7.70. The van der Waals surface area contributed by atoms with E-state index in [0.717, 1.165) is 18.1 Å². The highest BCUT2D eigenvalue weighted by molar-refractivity contribution is 4.65. The Morgan fingerprint density at radius 3 is 2.33 bits per heavy atom. The molecule has 0 aromatic heterocycles. The summed E-state index contributed by atoms with van der Waals surface area (Å²) < 4.78 is 0. The Hall–Kier alpha value is -0.0800. The third kappa shape index (κ3) is 2.94. The number of rotatable bonds is 2. The molecular weight excluding hydrogens is 184 g/mol. The van der Waals surface area contributed by atoms with Gasteiger partial charge in [0.05, 0.1) is 18.6 Å². The number of likely N-dealkylation sites (tertiary alicyclic amines) is 1. The molecule has 2 nitrogen and oxygen atoms in total. The van der Waals surface area contributed by atoms with Gasteiger partial charge in [-0.25, -0.2) is 0 Å². The van der Waals surface area contributed by atoms with Gasteiger partial charge in [0.1, 0.15) is 12.6 Å². The molecule has 0 saturated carbocycles. The smallest absolute Gasteiger partial charge is 0.135 e. The highest BCUT2D eigenvalue weighted by Crippen LogP contribution is 2.08. The number of quaternary nitrogens is 2. The van der Waals surface area contributed by atoms with Crippen LogP contribution in [0.3, 0.4) is 0 Å². The van der Waals surface area contributed by atoms with Gasteiger partial charge in [-0.1, -0.05) is 0 Å². The van der Waals surface area contributed by atoms with Crippen LogP contribution in [-0.4, -0.2) is 31.2 Å². The topological polar surface area (TPSA) is 21.1 Å². The van der Waals surface area contributed by atoms with Gasteiger partial charge in [0.15, 0.2) is 0 Å². The third-order valence-electron chi connectivity index (χ3n) is 4.57. The zero-order valence-electron chi connectivity index (χ0n) is 10.5. The zero-order valence-corrected chi connectivity index (χ0v) is 10.5. The van der Waals surface area contributed by atoms with E-state index in [9.17, 15) is 0 Å². The number of hydrogen-bond donors (Lipinski definition) is 2. The van der Waals surface area contributed by atoms with Crippen molar-refractivity contribution in [3.63, 3.8) is 0 Å². The maximum absolute atomic E-state index is 2.60. The van der Waals surface area contributed by atoms with E-state index in [0.29, 0.717) is 0 Å². The Balaban J connectivity index is 1.84. The minimum Gasteiger partial charge on any atom is -0.339 e. The van der Waals surface area contributed by atoms with Gasteiger partial charge < -0.3 is 10.2 Å². The molecule has 0 aromatic rings. The highest BCUT2D eigenvalue weighted by atomic mass is 15.2. The van der Waals surface area contributed by atoms with Crippen LogP contribution < -0.4 is 10.2 Å². The lowest BCUT2D eigenvalue weighted by Crippen LogP contribution is -3.22. The van der Waals surface area contributed by atoms with Crippen LogP contribution >= 0.6 is 0 Å². The Morgan fingerprint density at radius 2 is 1.73 bits per heavy atom. The van der Waals surface area contributed by atoms with Crippen LogP contribution in [0.5, 0.6) is 0 Å². The highest BCUT2D eigenvalue weighted by Gasteiger charge is 2.32. The van der Waals surface area contributed by atoms with E-state index in [-0.39, 0.29) is 0 Å². The summed E-state index contributed by atoms with van der Waals surface area (Å²) in [4.78, 5) is 1.89. The molecule has 2 fully saturated rings. The Labute approximate surface area is 94.4 Å². The van der Waals surface area contributed by atoms with Crippen molar-refractivity contribution < 1.29 is 10.2 Å². The summed E-state index contributed by atoms with van der Waals surface area (Å²) in [6, 6.07) is 2.74. The number of nitrogens with one attached hydrogen (secondary N) is 1. The first-order valence-electron chi connectivity index (χ1n) is 6.96. The van der Waals surface area contributed by atoms with Gasteiger partial charge in [-0.05, 0) is 46.0 Å². The molecular formula is C13H28N2+2. The number of piperidine rings is 2. The first-order valence-corrected chi connectivity index (χ1v) is 6.96. The van der Waals surface area contributed by atoms with Crippen LogP contribution in [0.15, 0.2) is 0 Å². The van der Waals surface area contributed by atoms with Crippen molar-refractivity contribution in [2.45, 2.75) is 70.5 Å². The summed E-state index contributed by atoms with van der Waals surface area (Å²) in [7, 11) is 0. The third-order valence-corrected chi connectivity index (χ3v) is 4.57. The number of nitrogens with two attached hydrogens (primary N) is 1. The van der Waals surface area contributed by atoms with Crippen molar-refractivity contribution in [2.24, 2.45) is 0 Å². The first-order chi connectivity index (χ1) is 7.27. The van der Waals surface area contributed by atoms with E-state index in [4.69, 9.17) is 0 Å². The molecule has 0 radical (unpaired) electrons. The molecule has 2 aliphatic heterocycles. The molecule has 2 heterocycles. The van der Waals surface area contributed by atoms with Gasteiger partial charge >= 0.3 is 0 Å². The molecule has 0 amide bonds. The molecule has 2 rings (SSSR count). The quantitative estimate of drug-likeness (QED) is 0.640. The Morgan fingerprint density at radius 1 is 1.00 bits per heavy atom. The minimum atomic E-state index is 0.907. The molecule has 0 spiro atoms. The molecule has 0 unspecified atom stereocenters. The van der Waals surface area contributed by atoms with E-state index in [1.807, 2.05) is 4.90 Å². The van der Waals surface area contributed by atoms with E-state index in [2.05, 4.69) is 19.2 Å². The monoisotopic (exact) mass is 212 g/mol.